The summed E-state index contributed by atoms with van der Waals surface area (Å²) in [7, 11) is 0. The molecule has 0 saturated carbocycles. The van der Waals surface area contributed by atoms with Crippen LogP contribution in [-0.2, 0) is 4.74 Å². The number of hydrogen-bond acceptors (Lipinski definition) is 7. The van der Waals surface area contributed by atoms with Gasteiger partial charge in [-0.2, -0.15) is 10.1 Å². The van der Waals surface area contributed by atoms with Gasteiger partial charge in [0.1, 0.15) is 0 Å². The van der Waals surface area contributed by atoms with Gasteiger partial charge in [-0.3, -0.25) is 0 Å². The Morgan fingerprint density at radius 3 is 2.54 bits per heavy atom. The lowest BCUT2D eigenvalue weighted by molar-refractivity contribution is 0.0527. The van der Waals surface area contributed by atoms with Crippen LogP contribution in [-0.4, -0.2) is 27.8 Å². The summed E-state index contributed by atoms with van der Waals surface area (Å²) in [5.41, 5.74) is 3.15. The van der Waals surface area contributed by atoms with Crippen LogP contribution in [0.15, 0.2) is 54.7 Å². The Morgan fingerprint density at radius 2 is 1.82 bits per heavy atom. The van der Waals surface area contributed by atoms with E-state index in [0.717, 1.165) is 5.69 Å². The van der Waals surface area contributed by atoms with Gasteiger partial charge in [-0.25, -0.2) is 4.79 Å². The standard InChI is InChI=1S/C21H23N5O2/c1-4-28-20(27)17-7-5-6-8-18(17)24-19-13-22-26-21(25-19)23-16-11-9-15(10-12-16)14(2)3/h5-14H,4H2,1-3H3,(H2,23,24,25,26). The predicted molar refractivity (Wildman–Crippen MR) is 109 cm³/mol. The molecule has 7 heteroatoms. The first-order chi connectivity index (χ1) is 13.6. The smallest absolute Gasteiger partial charge is 0.340 e. The Labute approximate surface area is 164 Å². The van der Waals surface area contributed by atoms with Crippen molar-refractivity contribution in [1.29, 1.82) is 0 Å². The van der Waals surface area contributed by atoms with Crippen molar-refractivity contribution in [3.63, 3.8) is 0 Å². The third kappa shape index (κ3) is 4.82. The van der Waals surface area contributed by atoms with E-state index in [0.29, 0.717) is 35.5 Å². The van der Waals surface area contributed by atoms with Gasteiger partial charge in [0.2, 0.25) is 5.95 Å². The fourth-order valence-corrected chi connectivity index (χ4v) is 2.61. The Hall–Kier alpha value is -3.48. The summed E-state index contributed by atoms with van der Waals surface area (Å²) in [6.45, 7) is 6.39. The lowest BCUT2D eigenvalue weighted by Gasteiger charge is -2.11. The second kappa shape index (κ2) is 8.94. The van der Waals surface area contributed by atoms with Crippen molar-refractivity contribution < 1.29 is 9.53 Å². The number of esters is 1. The number of anilines is 4. The van der Waals surface area contributed by atoms with Gasteiger partial charge in [0.05, 0.1) is 24.1 Å². The van der Waals surface area contributed by atoms with E-state index in [9.17, 15) is 4.79 Å². The van der Waals surface area contributed by atoms with E-state index in [1.165, 1.54) is 11.8 Å². The van der Waals surface area contributed by atoms with E-state index in [2.05, 4.69) is 51.8 Å². The minimum Gasteiger partial charge on any atom is -0.462 e. The Bertz CT molecular complexity index is 942. The van der Waals surface area contributed by atoms with Crippen molar-refractivity contribution in [2.45, 2.75) is 26.7 Å². The van der Waals surface area contributed by atoms with Gasteiger partial charge in [0.15, 0.2) is 5.82 Å². The summed E-state index contributed by atoms with van der Waals surface area (Å²) in [5.74, 6) is 0.902. The average molecular weight is 377 g/mol. The monoisotopic (exact) mass is 377 g/mol. The number of aromatic nitrogens is 3. The molecule has 0 amide bonds. The maximum absolute atomic E-state index is 12.1. The van der Waals surface area contributed by atoms with Crippen LogP contribution in [0.1, 0.15) is 42.6 Å². The fourth-order valence-electron chi connectivity index (χ4n) is 2.61. The molecule has 0 spiro atoms. The van der Waals surface area contributed by atoms with Gasteiger partial charge in [-0.1, -0.05) is 38.1 Å². The number of carbonyl (C=O) groups excluding carboxylic acids is 1. The molecule has 2 aromatic carbocycles. The number of ether oxygens (including phenoxy) is 1. The minimum absolute atomic E-state index is 0.311. The first kappa shape index (κ1) is 19.3. The third-order valence-corrected chi connectivity index (χ3v) is 4.08. The summed E-state index contributed by atoms with van der Waals surface area (Å²) in [5, 5.41) is 14.2. The molecule has 0 saturated heterocycles. The lowest BCUT2D eigenvalue weighted by Crippen LogP contribution is -2.09. The molecule has 0 radical (unpaired) electrons. The van der Waals surface area contributed by atoms with Crippen LogP contribution < -0.4 is 10.6 Å². The van der Waals surface area contributed by atoms with Crippen molar-refractivity contribution >= 4 is 29.1 Å². The zero-order chi connectivity index (χ0) is 19.9. The number of carbonyl (C=O) groups is 1. The van der Waals surface area contributed by atoms with E-state index < -0.39 is 5.97 Å². The van der Waals surface area contributed by atoms with E-state index in [1.807, 2.05) is 18.2 Å². The summed E-state index contributed by atoms with van der Waals surface area (Å²) < 4.78 is 5.10. The molecule has 0 bridgehead atoms. The number of benzene rings is 2. The summed E-state index contributed by atoms with van der Waals surface area (Å²) in [4.78, 5) is 16.5. The summed E-state index contributed by atoms with van der Waals surface area (Å²) in [6, 6.07) is 15.2. The van der Waals surface area contributed by atoms with Gasteiger partial charge in [0, 0.05) is 5.69 Å². The SMILES string of the molecule is CCOC(=O)c1ccccc1Nc1cnnc(Nc2ccc(C(C)C)cc2)n1. The average Bonchev–Trinajstić information content (AvgIpc) is 2.69. The highest BCUT2D eigenvalue weighted by atomic mass is 16.5. The molecule has 0 atom stereocenters. The molecule has 2 N–H and O–H groups in total. The van der Waals surface area contributed by atoms with Crippen molar-refractivity contribution in [2.24, 2.45) is 0 Å². The number of nitrogens with one attached hydrogen (secondary N) is 2. The molecule has 1 aromatic heterocycles. The number of nitrogens with zero attached hydrogens (tertiary/aromatic N) is 3. The van der Waals surface area contributed by atoms with Crippen LogP contribution in [0.3, 0.4) is 0 Å². The normalized spacial score (nSPS) is 10.6. The molecule has 0 aliphatic rings. The molecule has 0 aliphatic heterocycles. The number of para-hydroxylation sites is 1. The maximum atomic E-state index is 12.1. The molecule has 0 fully saturated rings. The van der Waals surface area contributed by atoms with E-state index >= 15 is 0 Å². The van der Waals surface area contributed by atoms with Crippen LogP contribution in [0.25, 0.3) is 0 Å². The maximum Gasteiger partial charge on any atom is 0.340 e. The molecule has 144 valence electrons. The first-order valence-corrected chi connectivity index (χ1v) is 9.16. The zero-order valence-corrected chi connectivity index (χ0v) is 16.1. The quantitative estimate of drug-likeness (QED) is 0.579. The van der Waals surface area contributed by atoms with Gasteiger partial charge >= 0.3 is 5.97 Å². The number of hydrogen-bond donors (Lipinski definition) is 2. The lowest BCUT2D eigenvalue weighted by atomic mass is 10.0. The highest BCUT2D eigenvalue weighted by Crippen LogP contribution is 2.22. The Kier molecular flexibility index (Phi) is 6.16. The second-order valence-corrected chi connectivity index (χ2v) is 6.46. The molecular weight excluding hydrogens is 354 g/mol. The summed E-state index contributed by atoms with van der Waals surface area (Å²) >= 11 is 0. The van der Waals surface area contributed by atoms with Gasteiger partial charge in [-0.15, -0.1) is 5.10 Å². The zero-order valence-electron chi connectivity index (χ0n) is 16.1. The Balaban J connectivity index is 1.76. The Morgan fingerprint density at radius 1 is 1.07 bits per heavy atom. The highest BCUT2D eigenvalue weighted by Gasteiger charge is 2.13. The first-order valence-electron chi connectivity index (χ1n) is 9.16. The van der Waals surface area contributed by atoms with Gasteiger partial charge in [-0.05, 0) is 42.7 Å². The van der Waals surface area contributed by atoms with E-state index in [4.69, 9.17) is 4.74 Å². The highest BCUT2D eigenvalue weighted by molar-refractivity contribution is 5.96. The van der Waals surface area contributed by atoms with Crippen molar-refractivity contribution in [1.82, 2.24) is 15.2 Å². The molecule has 0 unspecified atom stereocenters. The van der Waals surface area contributed by atoms with E-state index in [1.54, 1.807) is 25.1 Å². The second-order valence-electron chi connectivity index (χ2n) is 6.46. The third-order valence-electron chi connectivity index (χ3n) is 4.08. The fraction of sp³-hybridized carbons (Fsp3) is 0.238. The largest absolute Gasteiger partial charge is 0.462 e. The van der Waals surface area contributed by atoms with Gasteiger partial charge in [0.25, 0.3) is 0 Å². The minimum atomic E-state index is -0.392. The predicted octanol–water partition coefficient (Wildman–Crippen LogP) is 4.66. The molecule has 28 heavy (non-hydrogen) atoms. The molecule has 1 heterocycles. The molecule has 3 rings (SSSR count). The van der Waals surface area contributed by atoms with Gasteiger partial charge < -0.3 is 15.4 Å². The topological polar surface area (TPSA) is 89.0 Å². The number of rotatable bonds is 7. The van der Waals surface area contributed by atoms with Crippen LogP contribution in [0.5, 0.6) is 0 Å². The van der Waals surface area contributed by atoms with Crippen molar-refractivity contribution in [3.05, 3.63) is 65.9 Å². The summed E-state index contributed by atoms with van der Waals surface area (Å²) in [6.07, 6.45) is 1.50. The molecule has 3 aromatic rings. The van der Waals surface area contributed by atoms with Crippen LogP contribution >= 0.6 is 0 Å². The van der Waals surface area contributed by atoms with Crippen LogP contribution in [0, 0.1) is 0 Å². The van der Waals surface area contributed by atoms with Crippen molar-refractivity contribution in [2.75, 3.05) is 17.2 Å². The molecular formula is C21H23N5O2. The van der Waals surface area contributed by atoms with Crippen LogP contribution in [0.4, 0.5) is 23.1 Å². The van der Waals surface area contributed by atoms with E-state index in [-0.39, 0.29) is 0 Å². The molecule has 0 aliphatic carbocycles. The van der Waals surface area contributed by atoms with Crippen LogP contribution in [0.2, 0.25) is 0 Å². The molecule has 7 nitrogen and oxygen atoms in total. The van der Waals surface area contributed by atoms with Crippen molar-refractivity contribution in [3.8, 4) is 0 Å².